The number of carbonyl (C=O) groups is 1. The van der Waals surface area contributed by atoms with Crippen molar-refractivity contribution < 1.29 is 14.8 Å². The van der Waals surface area contributed by atoms with Gasteiger partial charge >= 0.3 is 5.82 Å². The van der Waals surface area contributed by atoms with E-state index in [9.17, 15) is 20.0 Å². The van der Waals surface area contributed by atoms with E-state index in [1.54, 1.807) is 20.8 Å². The molecule has 20 heavy (non-hydrogen) atoms. The predicted molar refractivity (Wildman–Crippen MR) is 72.2 cm³/mol. The molecular weight excluding hydrogens is 264 g/mol. The number of aryl methyl sites for hydroxylation is 1. The number of aromatic nitrogens is 2. The summed E-state index contributed by atoms with van der Waals surface area (Å²) in [6.07, 6.45) is 1.24. The van der Waals surface area contributed by atoms with Crippen LogP contribution in [-0.2, 0) is 11.3 Å². The molecule has 8 heteroatoms. The van der Waals surface area contributed by atoms with Crippen LogP contribution in [0.15, 0.2) is 6.20 Å². The van der Waals surface area contributed by atoms with Crippen molar-refractivity contribution in [1.82, 2.24) is 14.5 Å². The highest BCUT2D eigenvalue weighted by Gasteiger charge is 2.23. The zero-order chi connectivity index (χ0) is 15.5. The third-order valence-electron chi connectivity index (χ3n) is 2.77. The van der Waals surface area contributed by atoms with Crippen molar-refractivity contribution in [2.24, 2.45) is 0 Å². The fourth-order valence-corrected chi connectivity index (χ4v) is 1.83. The van der Waals surface area contributed by atoms with Crippen molar-refractivity contribution in [2.45, 2.75) is 39.8 Å². The smallest absolute Gasteiger partial charge is 0.381 e. The van der Waals surface area contributed by atoms with Crippen LogP contribution in [-0.4, -0.2) is 49.1 Å². The number of nitro groups is 1. The van der Waals surface area contributed by atoms with Gasteiger partial charge in [-0.15, -0.1) is 0 Å². The van der Waals surface area contributed by atoms with E-state index in [0.29, 0.717) is 12.4 Å². The number of hydrogen-bond acceptors (Lipinski definition) is 5. The molecule has 0 bridgehead atoms. The highest BCUT2D eigenvalue weighted by molar-refractivity contribution is 5.76. The van der Waals surface area contributed by atoms with Crippen LogP contribution >= 0.6 is 0 Å². The van der Waals surface area contributed by atoms with Gasteiger partial charge in [-0.1, -0.05) is 0 Å². The van der Waals surface area contributed by atoms with Gasteiger partial charge in [0.1, 0.15) is 12.7 Å². The van der Waals surface area contributed by atoms with E-state index in [1.807, 2.05) is 6.92 Å². The number of rotatable bonds is 6. The lowest BCUT2D eigenvalue weighted by molar-refractivity contribution is -0.389. The molecule has 1 aromatic rings. The molecule has 8 nitrogen and oxygen atoms in total. The average Bonchev–Trinajstić information content (AvgIpc) is 2.67. The van der Waals surface area contributed by atoms with Gasteiger partial charge in [0.2, 0.25) is 11.7 Å². The highest BCUT2D eigenvalue weighted by Crippen LogP contribution is 2.11. The minimum absolute atomic E-state index is 0.0312. The lowest BCUT2D eigenvalue weighted by Crippen LogP contribution is -2.43. The van der Waals surface area contributed by atoms with Gasteiger partial charge in [-0.2, -0.15) is 0 Å². The number of aliphatic hydroxyl groups is 1. The number of imidazole rings is 1. The van der Waals surface area contributed by atoms with Gasteiger partial charge in [0.25, 0.3) is 0 Å². The molecule has 0 aliphatic heterocycles. The Morgan fingerprint density at radius 1 is 1.60 bits per heavy atom. The van der Waals surface area contributed by atoms with E-state index < -0.39 is 10.5 Å². The summed E-state index contributed by atoms with van der Waals surface area (Å²) in [6.45, 7) is 7.29. The Morgan fingerprint density at radius 2 is 2.20 bits per heavy atom. The Morgan fingerprint density at radius 3 is 2.60 bits per heavy atom. The first kappa shape index (κ1) is 16.1. The second-order valence-corrected chi connectivity index (χ2v) is 5.25. The molecule has 0 saturated carbocycles. The topological polar surface area (TPSA) is 102 Å². The van der Waals surface area contributed by atoms with Crippen LogP contribution in [0.2, 0.25) is 0 Å². The first-order chi connectivity index (χ1) is 9.14. The maximum Gasteiger partial charge on any atom is 0.381 e. The van der Waals surface area contributed by atoms with Crippen molar-refractivity contribution in [3.63, 3.8) is 0 Å². The zero-order valence-corrected chi connectivity index (χ0v) is 12.2. The molecule has 1 N–H and O–H groups in total. The second-order valence-electron chi connectivity index (χ2n) is 5.25. The third kappa shape index (κ3) is 4.30. The Balaban J connectivity index is 2.81. The average molecular weight is 284 g/mol. The fraction of sp³-hybridized carbons (Fsp3) is 0.667. The Kier molecular flexibility index (Phi) is 4.83. The van der Waals surface area contributed by atoms with Gasteiger partial charge in [0, 0.05) is 20.0 Å². The van der Waals surface area contributed by atoms with E-state index in [0.717, 1.165) is 0 Å². The van der Waals surface area contributed by atoms with E-state index >= 15 is 0 Å². The van der Waals surface area contributed by atoms with Crippen molar-refractivity contribution in [2.75, 3.05) is 13.1 Å². The number of amides is 1. The third-order valence-corrected chi connectivity index (χ3v) is 2.77. The number of likely N-dealkylation sites (N-methyl/N-ethyl adjacent to an activating group) is 1. The molecule has 1 amide bonds. The molecule has 1 rings (SSSR count). The molecule has 0 atom stereocenters. The summed E-state index contributed by atoms with van der Waals surface area (Å²) in [4.78, 5) is 27.5. The maximum atomic E-state index is 12.1. The van der Waals surface area contributed by atoms with Gasteiger partial charge in [0.15, 0.2) is 0 Å². The first-order valence-corrected chi connectivity index (χ1v) is 6.32. The Labute approximate surface area is 117 Å². The van der Waals surface area contributed by atoms with Crippen molar-refractivity contribution in [3.8, 4) is 0 Å². The standard InChI is InChI=1S/C12H20N4O4/c1-5-14(8-12(3,4)18)11(17)7-15-6-10(16(19)20)13-9(15)2/h6,18H,5,7-8H2,1-4H3. The van der Waals surface area contributed by atoms with Gasteiger partial charge in [-0.05, 0) is 30.7 Å². The first-order valence-electron chi connectivity index (χ1n) is 6.32. The second kappa shape index (κ2) is 6.00. The van der Waals surface area contributed by atoms with Gasteiger partial charge < -0.3 is 20.1 Å². The summed E-state index contributed by atoms with van der Waals surface area (Å²) in [5, 5.41) is 20.4. The fourth-order valence-electron chi connectivity index (χ4n) is 1.83. The maximum absolute atomic E-state index is 12.1. The van der Waals surface area contributed by atoms with E-state index in [-0.39, 0.29) is 24.8 Å². The molecule has 1 heterocycles. The quantitative estimate of drug-likeness (QED) is 0.612. The van der Waals surface area contributed by atoms with Crippen LogP contribution < -0.4 is 0 Å². The number of carbonyl (C=O) groups excluding carboxylic acids is 1. The zero-order valence-electron chi connectivity index (χ0n) is 12.2. The number of nitrogens with zero attached hydrogens (tertiary/aromatic N) is 4. The minimum Gasteiger partial charge on any atom is -0.389 e. The van der Waals surface area contributed by atoms with Crippen molar-refractivity contribution in [3.05, 3.63) is 22.1 Å². The summed E-state index contributed by atoms with van der Waals surface area (Å²) in [5.41, 5.74) is -0.984. The van der Waals surface area contributed by atoms with Gasteiger partial charge in [-0.3, -0.25) is 9.36 Å². The molecule has 0 aliphatic carbocycles. The summed E-state index contributed by atoms with van der Waals surface area (Å²) in [7, 11) is 0. The summed E-state index contributed by atoms with van der Waals surface area (Å²) in [6, 6.07) is 0. The molecule has 0 unspecified atom stereocenters. The highest BCUT2D eigenvalue weighted by atomic mass is 16.6. The van der Waals surface area contributed by atoms with E-state index in [2.05, 4.69) is 4.98 Å². The van der Waals surface area contributed by atoms with Gasteiger partial charge in [-0.25, -0.2) is 0 Å². The van der Waals surface area contributed by atoms with Crippen LogP contribution in [0.1, 0.15) is 26.6 Å². The number of hydrogen-bond donors (Lipinski definition) is 1. The predicted octanol–water partition coefficient (Wildman–Crippen LogP) is 0.719. The minimum atomic E-state index is -0.984. The van der Waals surface area contributed by atoms with Crippen molar-refractivity contribution in [1.29, 1.82) is 0 Å². The molecule has 0 fully saturated rings. The summed E-state index contributed by atoms with van der Waals surface area (Å²) < 4.78 is 1.44. The van der Waals surface area contributed by atoms with Crippen LogP contribution in [0.4, 0.5) is 5.82 Å². The lowest BCUT2D eigenvalue weighted by Gasteiger charge is -2.28. The molecule has 1 aromatic heterocycles. The summed E-state index contributed by atoms with van der Waals surface area (Å²) >= 11 is 0. The molecule has 0 aromatic carbocycles. The molecule has 0 radical (unpaired) electrons. The van der Waals surface area contributed by atoms with E-state index in [4.69, 9.17) is 0 Å². The Hall–Kier alpha value is -1.96. The van der Waals surface area contributed by atoms with Crippen LogP contribution in [0, 0.1) is 17.0 Å². The monoisotopic (exact) mass is 284 g/mol. The molecule has 112 valence electrons. The molecule has 0 aliphatic rings. The molecule has 0 spiro atoms. The van der Waals surface area contributed by atoms with Crippen molar-refractivity contribution >= 4 is 11.7 Å². The molecular formula is C12H20N4O4. The largest absolute Gasteiger partial charge is 0.389 e. The van der Waals surface area contributed by atoms with E-state index in [1.165, 1.54) is 15.7 Å². The van der Waals surface area contributed by atoms with Crippen LogP contribution in [0.25, 0.3) is 0 Å². The van der Waals surface area contributed by atoms with Gasteiger partial charge in [0.05, 0.1) is 5.60 Å². The van der Waals surface area contributed by atoms with Crippen LogP contribution in [0.3, 0.4) is 0 Å². The molecule has 0 saturated heterocycles. The SMILES string of the molecule is CCN(CC(C)(C)O)C(=O)Cn1cc([N+](=O)[O-])nc1C. The lowest BCUT2D eigenvalue weighted by atomic mass is 10.1. The Bertz CT molecular complexity index is 504. The van der Waals surface area contributed by atoms with Crippen LogP contribution in [0.5, 0.6) is 0 Å². The normalized spacial score (nSPS) is 11.4. The summed E-state index contributed by atoms with van der Waals surface area (Å²) in [5.74, 6) is -0.0878.